The lowest BCUT2D eigenvalue weighted by Gasteiger charge is -2.28. The van der Waals surface area contributed by atoms with Crippen molar-refractivity contribution < 1.29 is 19.4 Å². The fourth-order valence-corrected chi connectivity index (χ4v) is 5.52. The number of amides is 2. The van der Waals surface area contributed by atoms with Crippen LogP contribution in [0.5, 0.6) is 0 Å². The predicted octanol–water partition coefficient (Wildman–Crippen LogP) is 4.28. The molecule has 2 atom stereocenters. The molecule has 1 aromatic heterocycles. The zero-order valence-electron chi connectivity index (χ0n) is 22.7. The molecule has 0 aliphatic carbocycles. The molecule has 2 aliphatic rings. The van der Waals surface area contributed by atoms with Gasteiger partial charge in [-0.2, -0.15) is 0 Å². The van der Waals surface area contributed by atoms with Crippen LogP contribution in [0.3, 0.4) is 0 Å². The molecule has 40 heavy (non-hydrogen) atoms. The number of nitrogens with zero attached hydrogens (tertiary/aromatic N) is 3. The van der Waals surface area contributed by atoms with E-state index in [2.05, 4.69) is 20.6 Å². The first-order valence-electron chi connectivity index (χ1n) is 13.7. The summed E-state index contributed by atoms with van der Waals surface area (Å²) in [6.07, 6.45) is 3.75. The van der Waals surface area contributed by atoms with E-state index < -0.39 is 12.1 Å². The van der Waals surface area contributed by atoms with Crippen molar-refractivity contribution in [2.24, 2.45) is 0 Å². The molecule has 2 aromatic carbocycles. The zero-order chi connectivity index (χ0) is 28.2. The number of aromatic nitrogens is 2. The van der Waals surface area contributed by atoms with Crippen molar-refractivity contribution in [3.05, 3.63) is 75.9 Å². The molecule has 2 unspecified atom stereocenters. The first kappa shape index (κ1) is 28.0. The Labute approximate surface area is 238 Å². The van der Waals surface area contributed by atoms with Crippen molar-refractivity contribution in [2.45, 2.75) is 57.8 Å². The molecule has 0 spiro atoms. The van der Waals surface area contributed by atoms with Gasteiger partial charge in [0, 0.05) is 36.9 Å². The minimum Gasteiger partial charge on any atom is -0.394 e. The second-order valence-corrected chi connectivity index (χ2v) is 10.7. The van der Waals surface area contributed by atoms with Crippen LogP contribution < -0.4 is 10.6 Å². The molecule has 0 saturated carbocycles. The first-order chi connectivity index (χ1) is 19.4. The number of hydrogen-bond donors (Lipinski definition) is 3. The molecule has 210 valence electrons. The van der Waals surface area contributed by atoms with Gasteiger partial charge in [0.15, 0.2) is 0 Å². The number of aliphatic hydroxyl groups is 1. The average Bonchev–Trinajstić information content (AvgIpc) is 3.28. The molecule has 2 amide bonds. The molecule has 1 saturated heterocycles. The molecule has 2 aliphatic heterocycles. The third-order valence-corrected chi connectivity index (χ3v) is 7.80. The van der Waals surface area contributed by atoms with Crippen molar-refractivity contribution in [1.29, 1.82) is 0 Å². The van der Waals surface area contributed by atoms with Crippen LogP contribution in [-0.4, -0.2) is 63.7 Å². The second kappa shape index (κ2) is 12.3. The molecule has 3 N–H and O–H groups in total. The van der Waals surface area contributed by atoms with Crippen molar-refractivity contribution in [3.63, 3.8) is 0 Å². The highest BCUT2D eigenvalue weighted by Gasteiger charge is 2.36. The summed E-state index contributed by atoms with van der Waals surface area (Å²) in [6.45, 7) is 5.31. The summed E-state index contributed by atoms with van der Waals surface area (Å²) in [4.78, 5) is 37.5. The summed E-state index contributed by atoms with van der Waals surface area (Å²) in [7, 11) is 0. The SMILES string of the molecule is CCC(C(=O)NC(CO)c1cccc(C)c1)N1Cc2ccc(-c3nc(NC4CCOCC4)ncc3Cl)cc2C1=O. The van der Waals surface area contributed by atoms with E-state index in [0.717, 1.165) is 29.5 Å². The fourth-order valence-electron chi connectivity index (χ4n) is 5.32. The van der Waals surface area contributed by atoms with Gasteiger partial charge < -0.3 is 25.4 Å². The number of aliphatic hydroxyl groups excluding tert-OH is 1. The number of carbonyl (C=O) groups is 2. The maximum Gasteiger partial charge on any atom is 0.255 e. The van der Waals surface area contributed by atoms with Crippen molar-refractivity contribution in [2.75, 3.05) is 25.1 Å². The van der Waals surface area contributed by atoms with E-state index in [1.54, 1.807) is 17.2 Å². The number of aryl methyl sites for hydroxylation is 1. The Kier molecular flexibility index (Phi) is 8.63. The first-order valence-corrected chi connectivity index (χ1v) is 14.0. The number of halogens is 1. The molecule has 0 radical (unpaired) electrons. The lowest BCUT2D eigenvalue weighted by atomic mass is 10.0. The number of benzene rings is 2. The summed E-state index contributed by atoms with van der Waals surface area (Å²) in [5.74, 6) is -0.0395. The second-order valence-electron chi connectivity index (χ2n) is 10.3. The van der Waals surface area contributed by atoms with Crippen molar-refractivity contribution >= 4 is 29.4 Å². The van der Waals surface area contributed by atoms with Gasteiger partial charge in [0.1, 0.15) is 6.04 Å². The predicted molar refractivity (Wildman–Crippen MR) is 153 cm³/mol. The summed E-state index contributed by atoms with van der Waals surface area (Å²) >= 11 is 6.48. The van der Waals surface area contributed by atoms with E-state index in [1.807, 2.05) is 50.2 Å². The molecule has 1 fully saturated rings. The lowest BCUT2D eigenvalue weighted by molar-refractivity contribution is -0.127. The van der Waals surface area contributed by atoms with E-state index in [4.69, 9.17) is 16.3 Å². The van der Waals surface area contributed by atoms with Gasteiger partial charge >= 0.3 is 0 Å². The number of hydrogen-bond acceptors (Lipinski definition) is 7. The Morgan fingerprint density at radius 3 is 2.75 bits per heavy atom. The van der Waals surface area contributed by atoms with Gasteiger partial charge in [-0.25, -0.2) is 9.97 Å². The van der Waals surface area contributed by atoms with Crippen molar-refractivity contribution in [1.82, 2.24) is 20.2 Å². The lowest BCUT2D eigenvalue weighted by Crippen LogP contribution is -2.48. The van der Waals surface area contributed by atoms with Crippen LogP contribution in [0.25, 0.3) is 11.3 Å². The summed E-state index contributed by atoms with van der Waals surface area (Å²) in [5.41, 5.74) is 4.45. The highest BCUT2D eigenvalue weighted by atomic mass is 35.5. The number of anilines is 1. The third kappa shape index (κ3) is 5.96. The van der Waals surface area contributed by atoms with Crippen LogP contribution in [0, 0.1) is 6.92 Å². The van der Waals surface area contributed by atoms with Gasteiger partial charge in [-0.15, -0.1) is 0 Å². The van der Waals surface area contributed by atoms with Crippen LogP contribution in [0.2, 0.25) is 5.02 Å². The zero-order valence-corrected chi connectivity index (χ0v) is 23.4. The molecule has 10 heteroatoms. The maximum absolute atomic E-state index is 13.6. The Balaban J connectivity index is 1.33. The molecule has 3 heterocycles. The van der Waals surface area contributed by atoms with Crippen molar-refractivity contribution in [3.8, 4) is 11.3 Å². The van der Waals surface area contributed by atoms with Crippen LogP contribution in [0.4, 0.5) is 5.95 Å². The van der Waals surface area contributed by atoms with E-state index >= 15 is 0 Å². The van der Waals surface area contributed by atoms with Crippen LogP contribution in [0.1, 0.15) is 59.3 Å². The molecule has 9 nitrogen and oxygen atoms in total. The van der Waals surface area contributed by atoms with Gasteiger partial charge in [-0.3, -0.25) is 9.59 Å². The van der Waals surface area contributed by atoms with Gasteiger partial charge in [-0.1, -0.05) is 60.5 Å². The van der Waals surface area contributed by atoms with Crippen LogP contribution in [0.15, 0.2) is 48.7 Å². The van der Waals surface area contributed by atoms with E-state index in [1.165, 1.54) is 0 Å². The molecule has 3 aromatic rings. The van der Waals surface area contributed by atoms with Gasteiger partial charge in [0.25, 0.3) is 5.91 Å². The molecule has 0 bridgehead atoms. The molecule has 5 rings (SSSR count). The van der Waals surface area contributed by atoms with E-state index in [0.29, 0.717) is 54.0 Å². The summed E-state index contributed by atoms with van der Waals surface area (Å²) in [5, 5.41) is 16.7. The van der Waals surface area contributed by atoms with Gasteiger partial charge in [-0.05, 0) is 43.4 Å². The van der Waals surface area contributed by atoms with Gasteiger partial charge in [0.2, 0.25) is 11.9 Å². The normalized spacial score (nSPS) is 16.9. The Morgan fingerprint density at radius 2 is 2.02 bits per heavy atom. The standard InChI is InChI=1S/C30H34ClN5O4/c1-3-26(28(38)34-25(17-37)19-6-4-5-18(2)13-19)36-16-21-8-7-20(14-23(21)29(36)39)27-24(31)15-32-30(35-27)33-22-9-11-40-12-10-22/h4-8,13-15,22,25-26,37H,3,9-12,16-17H2,1-2H3,(H,34,38)(H,32,33,35). The number of fused-ring (bicyclic) bond motifs is 1. The minimum atomic E-state index is -0.680. The topological polar surface area (TPSA) is 117 Å². The van der Waals surface area contributed by atoms with Crippen LogP contribution >= 0.6 is 11.6 Å². The van der Waals surface area contributed by atoms with Crippen LogP contribution in [-0.2, 0) is 16.1 Å². The largest absolute Gasteiger partial charge is 0.394 e. The number of rotatable bonds is 9. The highest BCUT2D eigenvalue weighted by Crippen LogP contribution is 2.33. The highest BCUT2D eigenvalue weighted by molar-refractivity contribution is 6.33. The molecular formula is C30H34ClN5O4. The maximum atomic E-state index is 13.6. The minimum absolute atomic E-state index is 0.222. The van der Waals surface area contributed by atoms with E-state index in [9.17, 15) is 14.7 Å². The monoisotopic (exact) mass is 563 g/mol. The Hall–Kier alpha value is -3.53. The number of ether oxygens (including phenoxy) is 1. The Bertz CT molecular complexity index is 1390. The number of carbonyl (C=O) groups excluding carboxylic acids is 2. The summed E-state index contributed by atoms with van der Waals surface area (Å²) in [6, 6.07) is 12.2. The fraction of sp³-hybridized carbons (Fsp3) is 0.400. The average molecular weight is 564 g/mol. The smallest absolute Gasteiger partial charge is 0.255 e. The van der Waals surface area contributed by atoms with E-state index in [-0.39, 0.29) is 24.5 Å². The molecular weight excluding hydrogens is 530 g/mol. The Morgan fingerprint density at radius 1 is 1.23 bits per heavy atom. The quantitative estimate of drug-likeness (QED) is 0.356. The third-order valence-electron chi connectivity index (χ3n) is 7.52. The number of nitrogens with one attached hydrogen (secondary N) is 2. The summed E-state index contributed by atoms with van der Waals surface area (Å²) < 4.78 is 5.43. The van der Waals surface area contributed by atoms with Gasteiger partial charge in [0.05, 0.1) is 29.6 Å².